The zero-order valence-electron chi connectivity index (χ0n) is 30.8. The first kappa shape index (κ1) is 41.5. The third-order valence-electron chi connectivity index (χ3n) is 9.41. The monoisotopic (exact) mass is 606 g/mol. The van der Waals surface area contributed by atoms with Crippen molar-refractivity contribution in [3.63, 3.8) is 0 Å². The van der Waals surface area contributed by atoms with E-state index < -0.39 is 10.8 Å². The smallest absolute Gasteiger partial charge is 0.228 e. The predicted octanol–water partition coefficient (Wildman–Crippen LogP) is 9.45. The van der Waals surface area contributed by atoms with Crippen molar-refractivity contribution in [3.8, 4) is 0 Å². The molecule has 0 spiro atoms. The van der Waals surface area contributed by atoms with Crippen molar-refractivity contribution < 1.29 is 19.2 Å². The zero-order valence-corrected chi connectivity index (χ0v) is 30.8. The van der Waals surface area contributed by atoms with Crippen molar-refractivity contribution in [1.29, 1.82) is 0 Å². The van der Waals surface area contributed by atoms with Crippen molar-refractivity contribution in [3.05, 3.63) is 0 Å². The maximum Gasteiger partial charge on any atom is 0.228 e. The van der Waals surface area contributed by atoms with Gasteiger partial charge in [-0.1, -0.05) is 132 Å². The summed E-state index contributed by atoms with van der Waals surface area (Å²) < 4.78 is 0. The second-order valence-corrected chi connectivity index (χ2v) is 19.6. The third kappa shape index (κ3) is 10.8. The van der Waals surface area contributed by atoms with Gasteiger partial charge >= 0.3 is 0 Å². The molecule has 5 nitrogen and oxygen atoms in total. The average molecular weight is 606 g/mol. The highest BCUT2D eigenvalue weighted by Crippen LogP contribution is 2.49. The van der Waals surface area contributed by atoms with Crippen LogP contribution in [0.4, 0.5) is 0 Å². The van der Waals surface area contributed by atoms with Gasteiger partial charge in [0, 0.05) is 40.0 Å². The Kier molecular flexibility index (Phi) is 13.0. The molecule has 4 atom stereocenters. The van der Waals surface area contributed by atoms with Gasteiger partial charge in [-0.2, -0.15) is 0 Å². The molecule has 1 saturated carbocycles. The van der Waals surface area contributed by atoms with Crippen LogP contribution in [-0.2, 0) is 19.2 Å². The number of hydrogen-bond donors (Lipinski definition) is 0. The predicted molar refractivity (Wildman–Crippen MR) is 182 cm³/mol. The molecule has 0 bridgehead atoms. The van der Waals surface area contributed by atoms with E-state index in [1.807, 2.05) is 88.0 Å². The average Bonchev–Trinajstić information content (AvgIpc) is 3.39. The Bertz CT molecular complexity index is 845. The molecule has 0 aromatic carbocycles. The van der Waals surface area contributed by atoms with E-state index in [1.165, 1.54) is 0 Å². The summed E-state index contributed by atoms with van der Waals surface area (Å²) in [6.07, 6.45) is 2.53. The van der Waals surface area contributed by atoms with Gasteiger partial charge in [0.05, 0.1) is 6.04 Å². The van der Waals surface area contributed by atoms with Crippen molar-refractivity contribution >= 4 is 23.3 Å². The summed E-state index contributed by atoms with van der Waals surface area (Å²) in [5.74, 6) is 1.43. The molecular weight excluding hydrogens is 534 g/mol. The van der Waals surface area contributed by atoms with E-state index in [-0.39, 0.29) is 70.2 Å². The topological polar surface area (TPSA) is 71.5 Å². The van der Waals surface area contributed by atoms with Crippen LogP contribution in [0.5, 0.6) is 0 Å². The summed E-state index contributed by atoms with van der Waals surface area (Å²) in [7, 11) is 0. The SMILES string of the molecule is C.CC(C)(C)C(=O)C1CC(C(C)(C)C)CC1C(=O)C(C)(C)C.CC(C)(C)C(=O)C1CC(C(C)(C)C)CN1C(=O)C(C)(C)C. The zero-order chi connectivity index (χ0) is 33.6. The van der Waals surface area contributed by atoms with E-state index >= 15 is 0 Å². The third-order valence-corrected chi connectivity index (χ3v) is 9.41. The fourth-order valence-corrected chi connectivity index (χ4v) is 6.30. The molecule has 0 N–H and O–H groups in total. The van der Waals surface area contributed by atoms with Gasteiger partial charge < -0.3 is 4.90 Å². The normalized spacial score (nSPS) is 25.4. The van der Waals surface area contributed by atoms with Crippen LogP contribution in [0, 0.1) is 56.2 Å². The highest BCUT2D eigenvalue weighted by Gasteiger charge is 2.50. The number of Topliss-reactive ketones (excluding diaryl/α,β-unsaturated/α-hetero) is 3. The molecule has 4 unspecified atom stereocenters. The Hall–Kier alpha value is -1.52. The molecule has 0 radical (unpaired) electrons. The molecule has 252 valence electrons. The molecule has 1 amide bonds. The molecule has 1 heterocycles. The van der Waals surface area contributed by atoms with Gasteiger partial charge in [-0.3, -0.25) is 19.2 Å². The first-order valence-electron chi connectivity index (χ1n) is 16.2. The summed E-state index contributed by atoms with van der Waals surface area (Å²) in [6.45, 7) is 37.4. The Labute approximate surface area is 267 Å². The first-order chi connectivity index (χ1) is 18.3. The lowest BCUT2D eigenvalue weighted by Gasteiger charge is -2.33. The van der Waals surface area contributed by atoms with Crippen LogP contribution in [0.1, 0.15) is 151 Å². The molecular formula is C38H71NO4. The minimum atomic E-state index is -0.441. The second kappa shape index (κ2) is 13.5. The van der Waals surface area contributed by atoms with E-state index in [1.54, 1.807) is 0 Å². The first-order valence-corrected chi connectivity index (χ1v) is 16.2. The van der Waals surface area contributed by atoms with Crippen molar-refractivity contribution in [2.45, 2.75) is 157 Å². The molecule has 2 aliphatic rings. The Morgan fingerprint density at radius 1 is 0.465 bits per heavy atom. The van der Waals surface area contributed by atoms with Crippen LogP contribution >= 0.6 is 0 Å². The highest BCUT2D eigenvalue weighted by atomic mass is 16.2. The van der Waals surface area contributed by atoms with Gasteiger partial charge in [0.15, 0.2) is 5.78 Å². The maximum atomic E-state index is 12.8. The number of ketones is 3. The van der Waals surface area contributed by atoms with E-state index in [0.717, 1.165) is 19.3 Å². The van der Waals surface area contributed by atoms with Gasteiger partial charge in [0.1, 0.15) is 11.6 Å². The van der Waals surface area contributed by atoms with Crippen LogP contribution in [0.25, 0.3) is 0 Å². The highest BCUT2D eigenvalue weighted by molar-refractivity contribution is 5.95. The number of nitrogens with zero attached hydrogens (tertiary/aromatic N) is 1. The molecule has 1 saturated heterocycles. The van der Waals surface area contributed by atoms with Gasteiger partial charge in [-0.15, -0.1) is 0 Å². The number of carbonyl (C=O) groups is 4. The lowest BCUT2D eigenvalue weighted by molar-refractivity contribution is -0.146. The fourth-order valence-electron chi connectivity index (χ4n) is 6.30. The van der Waals surface area contributed by atoms with Crippen LogP contribution < -0.4 is 0 Å². The van der Waals surface area contributed by atoms with Gasteiger partial charge in [0.2, 0.25) is 5.91 Å². The maximum absolute atomic E-state index is 12.8. The van der Waals surface area contributed by atoms with Crippen LogP contribution in [0.15, 0.2) is 0 Å². The van der Waals surface area contributed by atoms with Crippen molar-refractivity contribution in [1.82, 2.24) is 4.90 Å². The molecule has 43 heavy (non-hydrogen) atoms. The van der Waals surface area contributed by atoms with E-state index in [4.69, 9.17) is 0 Å². The van der Waals surface area contributed by atoms with E-state index in [9.17, 15) is 19.2 Å². The summed E-state index contributed by atoms with van der Waals surface area (Å²) in [6, 6.07) is -0.263. The standard InChI is InChI=1S/C19H34O2.C18H33NO2.CH4/c1-17(2,3)12-10-13(15(20)18(4,5)6)14(11-12)16(21)19(7,8)9;1-16(2,3)12-10-13(14(20)17(4,5)6)19(11-12)15(21)18(7,8)9;/h12-14H,10-11H2,1-9H3;12-13H,10-11H2,1-9H3;1H4. The van der Waals surface area contributed by atoms with Crippen LogP contribution in [0.2, 0.25) is 0 Å². The summed E-state index contributed by atoms with van der Waals surface area (Å²) in [5, 5.41) is 0. The summed E-state index contributed by atoms with van der Waals surface area (Å²) in [4.78, 5) is 53.1. The summed E-state index contributed by atoms with van der Waals surface area (Å²) in [5.41, 5.74) is -1.31. The second-order valence-electron chi connectivity index (χ2n) is 19.6. The molecule has 1 aliphatic heterocycles. The number of carbonyl (C=O) groups excluding carboxylic acids is 4. The quantitative estimate of drug-likeness (QED) is 0.321. The lowest BCUT2D eigenvalue weighted by Crippen LogP contribution is -2.48. The fraction of sp³-hybridized carbons (Fsp3) is 0.895. The molecule has 0 aromatic heterocycles. The molecule has 5 heteroatoms. The molecule has 0 aromatic rings. The Balaban J connectivity index is 0.000000802. The van der Waals surface area contributed by atoms with Gasteiger partial charge in [-0.05, 0) is 41.9 Å². The van der Waals surface area contributed by atoms with E-state index in [0.29, 0.717) is 18.4 Å². The molecule has 2 rings (SSSR count). The van der Waals surface area contributed by atoms with Crippen molar-refractivity contribution in [2.24, 2.45) is 56.2 Å². The van der Waals surface area contributed by atoms with E-state index in [2.05, 4.69) is 41.5 Å². The number of rotatable bonds is 3. The van der Waals surface area contributed by atoms with Gasteiger partial charge in [0.25, 0.3) is 0 Å². The van der Waals surface area contributed by atoms with Crippen LogP contribution in [-0.4, -0.2) is 40.7 Å². The largest absolute Gasteiger partial charge is 0.332 e. The summed E-state index contributed by atoms with van der Waals surface area (Å²) >= 11 is 0. The number of likely N-dealkylation sites (tertiary alicyclic amines) is 1. The van der Waals surface area contributed by atoms with Crippen LogP contribution in [0.3, 0.4) is 0 Å². The minimum Gasteiger partial charge on any atom is -0.332 e. The molecule has 1 aliphatic carbocycles. The number of hydrogen-bond acceptors (Lipinski definition) is 4. The number of amides is 1. The minimum absolute atomic E-state index is 0. The van der Waals surface area contributed by atoms with Gasteiger partial charge in [-0.25, -0.2) is 0 Å². The Morgan fingerprint density at radius 3 is 1.05 bits per heavy atom. The lowest BCUT2D eigenvalue weighted by atomic mass is 9.73. The molecule has 2 fully saturated rings. The Morgan fingerprint density at radius 2 is 0.791 bits per heavy atom. The van der Waals surface area contributed by atoms with Crippen molar-refractivity contribution in [2.75, 3.05) is 6.54 Å².